The monoisotopic (exact) mass is 346 g/mol. The Hall–Kier alpha value is -2.20. The van der Waals surface area contributed by atoms with E-state index in [0.717, 1.165) is 23.3 Å². The molecule has 4 nitrogen and oxygen atoms in total. The lowest BCUT2D eigenvalue weighted by atomic mass is 9.94. The Bertz CT molecular complexity index is 684. The van der Waals surface area contributed by atoms with E-state index in [4.69, 9.17) is 16.3 Å². The molecule has 2 aromatic rings. The maximum atomic E-state index is 12.1. The van der Waals surface area contributed by atoms with Gasteiger partial charge in [-0.25, -0.2) is 4.79 Å². The molecule has 0 spiro atoms. The summed E-state index contributed by atoms with van der Waals surface area (Å²) in [4.78, 5) is 12.1. The van der Waals surface area contributed by atoms with Crippen LogP contribution in [0.3, 0.4) is 0 Å². The van der Waals surface area contributed by atoms with Gasteiger partial charge in [0.1, 0.15) is 5.75 Å². The molecule has 0 saturated carbocycles. The molecule has 2 aromatic carbocycles. The van der Waals surface area contributed by atoms with Gasteiger partial charge < -0.3 is 15.4 Å². The highest BCUT2D eigenvalue weighted by molar-refractivity contribution is 6.30. The standard InChI is InChI=1S/C19H23ClN2O2/c1-19(2,15-7-9-17(24-3)10-8-15)22-18(23)21-12-11-14-5-4-6-16(20)13-14/h4-10,13H,11-12H2,1-3H3,(H2,21,22,23). The number of nitrogens with one attached hydrogen (secondary N) is 2. The number of halogens is 1. The number of methoxy groups -OCH3 is 1. The lowest BCUT2D eigenvalue weighted by molar-refractivity contribution is 0.230. The molecule has 0 aliphatic rings. The number of benzene rings is 2. The lowest BCUT2D eigenvalue weighted by Crippen LogP contribution is -2.46. The van der Waals surface area contributed by atoms with Gasteiger partial charge >= 0.3 is 6.03 Å². The summed E-state index contributed by atoms with van der Waals surface area (Å²) in [6.45, 7) is 4.47. The summed E-state index contributed by atoms with van der Waals surface area (Å²) in [6.07, 6.45) is 0.733. The fraction of sp³-hybridized carbons (Fsp3) is 0.316. The molecule has 0 bridgehead atoms. The third-order valence-electron chi connectivity index (χ3n) is 3.83. The minimum absolute atomic E-state index is 0.196. The Labute approximate surface area is 148 Å². The molecule has 0 heterocycles. The Morgan fingerprint density at radius 3 is 2.50 bits per heavy atom. The van der Waals surface area contributed by atoms with Crippen LogP contribution in [0, 0.1) is 0 Å². The average Bonchev–Trinajstić information content (AvgIpc) is 2.54. The molecule has 0 aliphatic carbocycles. The SMILES string of the molecule is COc1ccc(C(C)(C)NC(=O)NCCc2cccc(Cl)c2)cc1. The summed E-state index contributed by atoms with van der Waals surface area (Å²) >= 11 is 5.95. The van der Waals surface area contributed by atoms with Gasteiger partial charge in [0.25, 0.3) is 0 Å². The van der Waals surface area contributed by atoms with Gasteiger partial charge in [-0.2, -0.15) is 0 Å². The van der Waals surface area contributed by atoms with E-state index in [9.17, 15) is 4.79 Å². The second-order valence-corrected chi connectivity index (χ2v) is 6.55. The van der Waals surface area contributed by atoms with E-state index in [-0.39, 0.29) is 6.03 Å². The number of hydrogen-bond acceptors (Lipinski definition) is 2. The van der Waals surface area contributed by atoms with Gasteiger partial charge in [0, 0.05) is 11.6 Å². The molecule has 128 valence electrons. The predicted octanol–water partition coefficient (Wildman–Crippen LogP) is 4.13. The van der Waals surface area contributed by atoms with Crippen LogP contribution in [0.4, 0.5) is 4.79 Å². The highest BCUT2D eigenvalue weighted by Gasteiger charge is 2.22. The topological polar surface area (TPSA) is 50.4 Å². The average molecular weight is 347 g/mol. The highest BCUT2D eigenvalue weighted by atomic mass is 35.5. The number of carbonyl (C=O) groups excluding carboxylic acids is 1. The Balaban J connectivity index is 1.85. The molecule has 0 aromatic heterocycles. The molecule has 0 unspecified atom stereocenters. The zero-order chi connectivity index (χ0) is 17.6. The van der Waals surface area contributed by atoms with Crippen molar-refractivity contribution in [3.63, 3.8) is 0 Å². The number of ether oxygens (including phenoxy) is 1. The van der Waals surface area contributed by atoms with E-state index in [2.05, 4.69) is 10.6 Å². The first-order valence-electron chi connectivity index (χ1n) is 7.86. The molecule has 2 amide bonds. The van der Waals surface area contributed by atoms with Crippen LogP contribution in [0.25, 0.3) is 0 Å². The minimum Gasteiger partial charge on any atom is -0.497 e. The summed E-state index contributed by atoms with van der Waals surface area (Å²) in [5.74, 6) is 0.792. The molecule has 24 heavy (non-hydrogen) atoms. The molecule has 0 saturated heterocycles. The minimum atomic E-state index is -0.480. The van der Waals surface area contributed by atoms with Crippen molar-refractivity contribution in [2.75, 3.05) is 13.7 Å². The molecule has 0 radical (unpaired) electrons. The van der Waals surface area contributed by atoms with Crippen LogP contribution < -0.4 is 15.4 Å². The molecular formula is C19H23ClN2O2. The highest BCUT2D eigenvalue weighted by Crippen LogP contribution is 2.22. The number of amides is 2. The smallest absolute Gasteiger partial charge is 0.315 e. The van der Waals surface area contributed by atoms with Gasteiger partial charge in [-0.05, 0) is 55.7 Å². The normalized spacial score (nSPS) is 11.0. The van der Waals surface area contributed by atoms with Crippen LogP contribution in [-0.2, 0) is 12.0 Å². The first kappa shape index (κ1) is 18.1. The fourth-order valence-corrected chi connectivity index (χ4v) is 2.63. The Kier molecular flexibility index (Phi) is 6.10. The second kappa shape index (κ2) is 8.06. The summed E-state index contributed by atoms with van der Waals surface area (Å²) in [7, 11) is 1.63. The van der Waals surface area contributed by atoms with Crippen molar-refractivity contribution in [3.05, 3.63) is 64.7 Å². The largest absolute Gasteiger partial charge is 0.497 e. The predicted molar refractivity (Wildman–Crippen MR) is 97.7 cm³/mol. The van der Waals surface area contributed by atoms with Crippen molar-refractivity contribution in [2.45, 2.75) is 25.8 Å². The maximum Gasteiger partial charge on any atom is 0.315 e. The van der Waals surface area contributed by atoms with E-state index in [1.807, 2.05) is 62.4 Å². The molecule has 0 aliphatic heterocycles. The van der Waals surface area contributed by atoms with Gasteiger partial charge in [0.15, 0.2) is 0 Å². The third kappa shape index (κ3) is 5.17. The first-order valence-corrected chi connectivity index (χ1v) is 8.23. The van der Waals surface area contributed by atoms with Crippen molar-refractivity contribution >= 4 is 17.6 Å². The number of carbonyl (C=O) groups is 1. The van der Waals surface area contributed by atoms with Crippen molar-refractivity contribution < 1.29 is 9.53 Å². The first-order chi connectivity index (χ1) is 11.4. The second-order valence-electron chi connectivity index (χ2n) is 6.11. The Morgan fingerprint density at radius 2 is 1.88 bits per heavy atom. The van der Waals surface area contributed by atoms with E-state index < -0.39 is 5.54 Å². The van der Waals surface area contributed by atoms with Crippen LogP contribution in [-0.4, -0.2) is 19.7 Å². The fourth-order valence-electron chi connectivity index (χ4n) is 2.42. The molecule has 0 fully saturated rings. The van der Waals surface area contributed by atoms with E-state index in [0.29, 0.717) is 11.6 Å². The van der Waals surface area contributed by atoms with Crippen LogP contribution in [0.1, 0.15) is 25.0 Å². The van der Waals surface area contributed by atoms with Gasteiger partial charge in [-0.1, -0.05) is 35.9 Å². The van der Waals surface area contributed by atoms with Crippen molar-refractivity contribution in [1.29, 1.82) is 0 Å². The van der Waals surface area contributed by atoms with Gasteiger partial charge in [-0.3, -0.25) is 0 Å². The van der Waals surface area contributed by atoms with Crippen molar-refractivity contribution in [1.82, 2.24) is 10.6 Å². The number of urea groups is 1. The molecule has 5 heteroatoms. The number of rotatable bonds is 6. The summed E-state index contributed by atoms with van der Waals surface area (Å²) in [5.41, 5.74) is 1.62. The number of hydrogen-bond donors (Lipinski definition) is 2. The van der Waals surface area contributed by atoms with Crippen molar-refractivity contribution in [2.24, 2.45) is 0 Å². The van der Waals surface area contributed by atoms with Gasteiger partial charge in [-0.15, -0.1) is 0 Å². The van der Waals surface area contributed by atoms with E-state index >= 15 is 0 Å². The molecule has 0 atom stereocenters. The Morgan fingerprint density at radius 1 is 1.17 bits per heavy atom. The van der Waals surface area contributed by atoms with E-state index in [1.54, 1.807) is 7.11 Å². The molecule has 2 N–H and O–H groups in total. The summed E-state index contributed by atoms with van der Waals surface area (Å²) < 4.78 is 5.16. The van der Waals surface area contributed by atoms with E-state index in [1.165, 1.54) is 0 Å². The zero-order valence-electron chi connectivity index (χ0n) is 14.2. The van der Waals surface area contributed by atoms with Crippen LogP contribution in [0.15, 0.2) is 48.5 Å². The quantitative estimate of drug-likeness (QED) is 0.826. The summed E-state index contributed by atoms with van der Waals surface area (Å²) in [6, 6.07) is 15.1. The third-order valence-corrected chi connectivity index (χ3v) is 4.06. The van der Waals surface area contributed by atoms with Crippen LogP contribution >= 0.6 is 11.6 Å². The lowest BCUT2D eigenvalue weighted by Gasteiger charge is -2.27. The molecular weight excluding hydrogens is 324 g/mol. The maximum absolute atomic E-state index is 12.1. The van der Waals surface area contributed by atoms with Gasteiger partial charge in [0.2, 0.25) is 0 Å². The zero-order valence-corrected chi connectivity index (χ0v) is 15.0. The van der Waals surface area contributed by atoms with Gasteiger partial charge in [0.05, 0.1) is 12.6 Å². The summed E-state index contributed by atoms with van der Waals surface area (Å²) in [5, 5.41) is 6.58. The van der Waals surface area contributed by atoms with Crippen molar-refractivity contribution in [3.8, 4) is 5.75 Å². The van der Waals surface area contributed by atoms with Crippen LogP contribution in [0.5, 0.6) is 5.75 Å². The van der Waals surface area contributed by atoms with Crippen LogP contribution in [0.2, 0.25) is 5.02 Å². The molecule has 2 rings (SSSR count).